The SMILES string of the molecule is COc1cc(/C=N\NC(=O)c2ccccn2)ccc1OC(=O)c1cccc2ccccc12. The zero-order valence-corrected chi connectivity index (χ0v) is 17.2. The molecular formula is C25H19N3O4. The van der Waals surface area contributed by atoms with Gasteiger partial charge in [0.05, 0.1) is 18.9 Å². The van der Waals surface area contributed by atoms with Gasteiger partial charge < -0.3 is 9.47 Å². The molecule has 0 fully saturated rings. The standard InChI is InChI=1S/C25H19N3O4/c1-31-23-15-17(16-27-28-24(29)21-11-4-5-14-26-21)12-13-22(23)32-25(30)20-10-6-8-18-7-2-3-9-19(18)20/h2-16H,1H3,(H,28,29)/b27-16-. The van der Waals surface area contributed by atoms with Crippen LogP contribution in [0.3, 0.4) is 0 Å². The van der Waals surface area contributed by atoms with Gasteiger partial charge in [0.2, 0.25) is 0 Å². The van der Waals surface area contributed by atoms with Crippen molar-refractivity contribution in [3.63, 3.8) is 0 Å². The number of rotatable bonds is 6. The average Bonchev–Trinajstić information content (AvgIpc) is 2.84. The lowest BCUT2D eigenvalue weighted by molar-refractivity contribution is 0.0731. The summed E-state index contributed by atoms with van der Waals surface area (Å²) in [6, 6.07) is 23.1. The van der Waals surface area contributed by atoms with Crippen molar-refractivity contribution in [3.05, 3.63) is 102 Å². The number of benzene rings is 3. The van der Waals surface area contributed by atoms with E-state index in [0.29, 0.717) is 16.9 Å². The van der Waals surface area contributed by atoms with Crippen LogP contribution < -0.4 is 14.9 Å². The average molecular weight is 425 g/mol. The van der Waals surface area contributed by atoms with E-state index < -0.39 is 11.9 Å². The van der Waals surface area contributed by atoms with Gasteiger partial charge in [-0.05, 0) is 52.7 Å². The van der Waals surface area contributed by atoms with E-state index in [2.05, 4.69) is 15.5 Å². The maximum Gasteiger partial charge on any atom is 0.344 e. The van der Waals surface area contributed by atoms with Gasteiger partial charge in [0, 0.05) is 6.20 Å². The summed E-state index contributed by atoms with van der Waals surface area (Å²) < 4.78 is 11.0. The Hall–Kier alpha value is -4.52. The predicted octanol–water partition coefficient (Wildman–Crippen LogP) is 4.23. The van der Waals surface area contributed by atoms with Crippen LogP contribution in [0.1, 0.15) is 26.4 Å². The predicted molar refractivity (Wildman–Crippen MR) is 121 cm³/mol. The van der Waals surface area contributed by atoms with Crippen molar-refractivity contribution in [3.8, 4) is 11.5 Å². The van der Waals surface area contributed by atoms with E-state index in [9.17, 15) is 9.59 Å². The molecule has 0 bridgehead atoms. The molecule has 32 heavy (non-hydrogen) atoms. The Morgan fingerprint density at radius 2 is 1.75 bits per heavy atom. The van der Waals surface area contributed by atoms with Crippen molar-refractivity contribution in [1.29, 1.82) is 0 Å². The summed E-state index contributed by atoms with van der Waals surface area (Å²) in [5, 5.41) is 5.70. The Kier molecular flexibility index (Phi) is 6.17. The molecule has 1 amide bonds. The fraction of sp³-hybridized carbons (Fsp3) is 0.0400. The van der Waals surface area contributed by atoms with Crippen LogP contribution >= 0.6 is 0 Å². The van der Waals surface area contributed by atoms with Crippen molar-refractivity contribution in [2.24, 2.45) is 5.10 Å². The van der Waals surface area contributed by atoms with E-state index in [1.165, 1.54) is 19.5 Å². The number of aromatic nitrogens is 1. The number of methoxy groups -OCH3 is 1. The number of esters is 1. The van der Waals surface area contributed by atoms with Gasteiger partial charge in [-0.1, -0.05) is 42.5 Å². The quantitative estimate of drug-likeness (QED) is 0.216. The lowest BCUT2D eigenvalue weighted by Crippen LogP contribution is -2.18. The molecule has 0 aliphatic heterocycles. The van der Waals surface area contributed by atoms with Crippen molar-refractivity contribution in [1.82, 2.24) is 10.4 Å². The van der Waals surface area contributed by atoms with E-state index in [-0.39, 0.29) is 11.4 Å². The fourth-order valence-electron chi connectivity index (χ4n) is 3.13. The van der Waals surface area contributed by atoms with Crippen LogP contribution in [0.25, 0.3) is 10.8 Å². The maximum absolute atomic E-state index is 12.8. The number of nitrogens with zero attached hydrogens (tertiary/aromatic N) is 2. The summed E-state index contributed by atoms with van der Waals surface area (Å²) in [6.07, 6.45) is 2.99. The van der Waals surface area contributed by atoms with E-state index in [1.54, 1.807) is 42.5 Å². The normalized spacial score (nSPS) is 10.8. The Balaban J connectivity index is 1.48. The van der Waals surface area contributed by atoms with Gasteiger partial charge >= 0.3 is 5.97 Å². The van der Waals surface area contributed by atoms with Crippen LogP contribution in [0, 0.1) is 0 Å². The minimum atomic E-state index is -0.482. The van der Waals surface area contributed by atoms with Gasteiger partial charge in [-0.25, -0.2) is 10.2 Å². The van der Waals surface area contributed by atoms with Crippen LogP contribution in [0.15, 0.2) is 90.2 Å². The highest BCUT2D eigenvalue weighted by Gasteiger charge is 2.15. The number of ether oxygens (including phenoxy) is 2. The van der Waals surface area contributed by atoms with Crippen molar-refractivity contribution >= 4 is 28.9 Å². The molecule has 0 saturated heterocycles. The number of amides is 1. The lowest BCUT2D eigenvalue weighted by Gasteiger charge is -2.11. The van der Waals surface area contributed by atoms with Crippen LogP contribution in [-0.2, 0) is 0 Å². The largest absolute Gasteiger partial charge is 0.493 e. The van der Waals surface area contributed by atoms with Crippen LogP contribution in [0.2, 0.25) is 0 Å². The van der Waals surface area contributed by atoms with Crippen molar-refractivity contribution in [2.75, 3.05) is 7.11 Å². The summed E-state index contributed by atoms with van der Waals surface area (Å²) in [6.45, 7) is 0. The highest BCUT2D eigenvalue weighted by Crippen LogP contribution is 2.29. The number of nitrogens with one attached hydrogen (secondary N) is 1. The first-order valence-electron chi connectivity index (χ1n) is 9.78. The monoisotopic (exact) mass is 425 g/mol. The van der Waals surface area contributed by atoms with E-state index >= 15 is 0 Å². The number of hydrogen-bond acceptors (Lipinski definition) is 6. The third kappa shape index (κ3) is 4.62. The topological polar surface area (TPSA) is 89.9 Å². The first-order chi connectivity index (χ1) is 15.7. The molecule has 0 radical (unpaired) electrons. The minimum Gasteiger partial charge on any atom is -0.493 e. The molecule has 7 nitrogen and oxygen atoms in total. The fourth-order valence-corrected chi connectivity index (χ4v) is 3.13. The molecule has 1 aromatic heterocycles. The van der Waals surface area contributed by atoms with E-state index in [0.717, 1.165) is 10.8 Å². The number of fused-ring (bicyclic) bond motifs is 1. The zero-order chi connectivity index (χ0) is 22.3. The van der Waals surface area contributed by atoms with Gasteiger partial charge in [0.1, 0.15) is 5.69 Å². The summed E-state index contributed by atoms with van der Waals surface area (Å²) in [7, 11) is 1.48. The molecule has 4 aromatic rings. The number of hydrogen-bond donors (Lipinski definition) is 1. The molecule has 158 valence electrons. The number of carbonyl (C=O) groups is 2. The Bertz CT molecular complexity index is 1300. The smallest absolute Gasteiger partial charge is 0.344 e. The molecule has 0 aliphatic carbocycles. The molecule has 0 aliphatic rings. The van der Waals surface area contributed by atoms with Crippen molar-refractivity contribution < 1.29 is 19.1 Å². The Morgan fingerprint density at radius 1 is 0.938 bits per heavy atom. The Morgan fingerprint density at radius 3 is 2.56 bits per heavy atom. The molecule has 0 spiro atoms. The molecule has 3 aromatic carbocycles. The van der Waals surface area contributed by atoms with E-state index in [4.69, 9.17) is 9.47 Å². The second kappa shape index (κ2) is 9.53. The minimum absolute atomic E-state index is 0.262. The number of pyridine rings is 1. The first kappa shape index (κ1) is 20.7. The van der Waals surface area contributed by atoms with E-state index in [1.807, 2.05) is 36.4 Å². The lowest BCUT2D eigenvalue weighted by atomic mass is 10.0. The molecule has 4 rings (SSSR count). The summed E-state index contributed by atoms with van der Waals surface area (Å²) >= 11 is 0. The molecule has 0 saturated carbocycles. The van der Waals surface area contributed by atoms with Crippen LogP contribution in [0.4, 0.5) is 0 Å². The van der Waals surface area contributed by atoms with Gasteiger partial charge in [0.15, 0.2) is 11.5 Å². The highest BCUT2D eigenvalue weighted by molar-refractivity contribution is 6.05. The molecular weight excluding hydrogens is 406 g/mol. The van der Waals surface area contributed by atoms with Crippen LogP contribution in [-0.4, -0.2) is 30.2 Å². The third-order valence-electron chi connectivity index (χ3n) is 4.68. The second-order valence-corrected chi connectivity index (χ2v) is 6.74. The van der Waals surface area contributed by atoms with Crippen molar-refractivity contribution in [2.45, 2.75) is 0 Å². The number of hydrazone groups is 1. The van der Waals surface area contributed by atoms with Gasteiger partial charge in [-0.2, -0.15) is 5.10 Å². The molecule has 7 heteroatoms. The molecule has 0 atom stereocenters. The molecule has 0 unspecified atom stereocenters. The maximum atomic E-state index is 12.8. The zero-order valence-electron chi connectivity index (χ0n) is 17.2. The molecule has 1 heterocycles. The van der Waals surface area contributed by atoms with Gasteiger partial charge in [-0.15, -0.1) is 0 Å². The Labute approximate surface area is 184 Å². The highest BCUT2D eigenvalue weighted by atomic mass is 16.6. The van der Waals surface area contributed by atoms with Crippen LogP contribution in [0.5, 0.6) is 11.5 Å². The summed E-state index contributed by atoms with van der Waals surface area (Å²) in [5.74, 6) is -0.266. The third-order valence-corrected chi connectivity index (χ3v) is 4.68. The number of carbonyl (C=O) groups excluding carboxylic acids is 2. The van der Waals surface area contributed by atoms with Gasteiger partial charge in [0.25, 0.3) is 5.91 Å². The second-order valence-electron chi connectivity index (χ2n) is 6.74. The van der Waals surface area contributed by atoms with Gasteiger partial charge in [-0.3, -0.25) is 9.78 Å². The summed E-state index contributed by atoms with van der Waals surface area (Å²) in [5.41, 5.74) is 3.79. The first-order valence-corrected chi connectivity index (χ1v) is 9.78. The molecule has 1 N–H and O–H groups in total. The summed E-state index contributed by atoms with van der Waals surface area (Å²) in [4.78, 5) is 28.8.